The molecule has 0 aliphatic heterocycles. The average Bonchev–Trinajstić information content (AvgIpc) is 2.06. The molecule has 0 aliphatic rings. The van der Waals surface area contributed by atoms with Gasteiger partial charge >= 0.3 is 0 Å². The van der Waals surface area contributed by atoms with Gasteiger partial charge in [0.2, 0.25) is 0 Å². The predicted molar refractivity (Wildman–Crippen MR) is 53.0 cm³/mol. The van der Waals surface area contributed by atoms with Crippen molar-refractivity contribution < 1.29 is 0 Å². The van der Waals surface area contributed by atoms with Gasteiger partial charge in [0.25, 0.3) is 0 Å². The van der Waals surface area contributed by atoms with Crippen LogP contribution in [0, 0.1) is 5.41 Å². The number of nitrogens with one attached hydrogen (secondary N) is 2. The minimum absolute atomic E-state index is 0.361. The van der Waals surface area contributed by atoms with Crippen molar-refractivity contribution in [3.05, 3.63) is 36.2 Å². The van der Waals surface area contributed by atoms with E-state index in [1.54, 1.807) is 25.3 Å². The van der Waals surface area contributed by atoms with E-state index in [4.69, 9.17) is 11.1 Å². The summed E-state index contributed by atoms with van der Waals surface area (Å²) in [7, 11) is 1.71. The Morgan fingerprint density at radius 2 is 2.17 bits per heavy atom. The molecular formula is C9H15N3. The van der Waals surface area contributed by atoms with Gasteiger partial charge in [-0.15, -0.1) is 0 Å². The van der Waals surface area contributed by atoms with Crippen LogP contribution in [0.4, 0.5) is 0 Å². The second-order valence-corrected chi connectivity index (χ2v) is 2.20. The highest BCUT2D eigenvalue weighted by Crippen LogP contribution is 2.01. The van der Waals surface area contributed by atoms with Crippen molar-refractivity contribution >= 4 is 5.71 Å². The summed E-state index contributed by atoms with van der Waals surface area (Å²) in [5, 5.41) is 10.3. The topological polar surface area (TPSA) is 61.9 Å². The van der Waals surface area contributed by atoms with Gasteiger partial charge < -0.3 is 16.5 Å². The van der Waals surface area contributed by atoms with Crippen LogP contribution >= 0.6 is 0 Å². The summed E-state index contributed by atoms with van der Waals surface area (Å²) >= 11 is 0. The second kappa shape index (κ2) is 5.18. The van der Waals surface area contributed by atoms with Crippen molar-refractivity contribution in [2.75, 3.05) is 7.05 Å². The first-order valence-corrected chi connectivity index (χ1v) is 3.68. The van der Waals surface area contributed by atoms with E-state index in [1.807, 2.05) is 6.92 Å². The van der Waals surface area contributed by atoms with Crippen molar-refractivity contribution in [1.29, 1.82) is 5.41 Å². The lowest BCUT2D eigenvalue weighted by atomic mass is 10.1. The molecule has 3 heteroatoms. The summed E-state index contributed by atoms with van der Waals surface area (Å²) in [5.41, 5.74) is 6.56. The molecule has 0 aromatic carbocycles. The Morgan fingerprint density at radius 1 is 1.58 bits per heavy atom. The third-order valence-electron chi connectivity index (χ3n) is 1.39. The van der Waals surface area contributed by atoms with Crippen molar-refractivity contribution in [3.8, 4) is 0 Å². The van der Waals surface area contributed by atoms with E-state index < -0.39 is 0 Å². The van der Waals surface area contributed by atoms with Gasteiger partial charge in [0.15, 0.2) is 0 Å². The summed E-state index contributed by atoms with van der Waals surface area (Å²) in [6, 6.07) is 0. The molecule has 0 saturated heterocycles. The predicted octanol–water partition coefficient (Wildman–Crippen LogP) is 1.16. The van der Waals surface area contributed by atoms with Crippen molar-refractivity contribution in [1.82, 2.24) is 5.32 Å². The standard InChI is InChI=1S/C9H15N3/c1-4-6-8(10)7(5-2)9(11)12-3/h4-6,10,12H,2,11H2,1,3H3/b6-4-,9-7+,10-8?. The highest BCUT2D eigenvalue weighted by atomic mass is 15.0. The van der Waals surface area contributed by atoms with Crippen LogP contribution in [0.2, 0.25) is 0 Å². The molecule has 0 radical (unpaired) electrons. The van der Waals surface area contributed by atoms with E-state index in [-0.39, 0.29) is 0 Å². The normalized spacial score (nSPS) is 12.5. The SMILES string of the molecule is C=C/C(C(=N)/C=C\C)=C(/N)NC. The molecule has 4 N–H and O–H groups in total. The molecule has 3 nitrogen and oxygen atoms in total. The first-order chi connectivity index (χ1) is 5.67. The van der Waals surface area contributed by atoms with Gasteiger partial charge in [-0.2, -0.15) is 0 Å². The molecule has 0 aromatic heterocycles. The number of hydrogen-bond donors (Lipinski definition) is 3. The number of nitrogens with two attached hydrogens (primary N) is 1. The number of hydrogen-bond acceptors (Lipinski definition) is 3. The molecule has 0 spiro atoms. The van der Waals surface area contributed by atoms with Gasteiger partial charge in [0.05, 0.1) is 5.71 Å². The molecule has 66 valence electrons. The van der Waals surface area contributed by atoms with Crippen molar-refractivity contribution in [2.45, 2.75) is 6.92 Å². The largest absolute Gasteiger partial charge is 0.385 e. The summed E-state index contributed by atoms with van der Waals surface area (Å²) in [5.74, 6) is 0.466. The van der Waals surface area contributed by atoms with Crippen LogP contribution in [0.1, 0.15) is 6.92 Å². The maximum absolute atomic E-state index is 7.54. The fourth-order valence-corrected chi connectivity index (χ4v) is 0.756. The van der Waals surface area contributed by atoms with Gasteiger partial charge in [-0.05, 0) is 13.0 Å². The molecule has 0 aliphatic carbocycles. The van der Waals surface area contributed by atoms with E-state index >= 15 is 0 Å². The van der Waals surface area contributed by atoms with Gasteiger partial charge in [0, 0.05) is 12.6 Å². The van der Waals surface area contributed by atoms with Crippen molar-refractivity contribution in [2.24, 2.45) is 5.73 Å². The molecule has 0 rings (SSSR count). The quantitative estimate of drug-likeness (QED) is 0.432. The summed E-state index contributed by atoms with van der Waals surface area (Å²) in [4.78, 5) is 0. The molecule has 0 unspecified atom stereocenters. The Bertz CT molecular complexity index is 236. The molecule has 12 heavy (non-hydrogen) atoms. The molecule has 0 fully saturated rings. The summed E-state index contributed by atoms with van der Waals surface area (Å²) < 4.78 is 0. The first-order valence-electron chi connectivity index (χ1n) is 3.68. The lowest BCUT2D eigenvalue weighted by molar-refractivity contribution is 0.957. The van der Waals surface area contributed by atoms with Crippen LogP contribution < -0.4 is 11.1 Å². The Morgan fingerprint density at radius 3 is 2.50 bits per heavy atom. The van der Waals surface area contributed by atoms with E-state index in [0.717, 1.165) is 0 Å². The van der Waals surface area contributed by atoms with Gasteiger partial charge in [-0.3, -0.25) is 0 Å². The first kappa shape index (κ1) is 10.5. The highest BCUT2D eigenvalue weighted by molar-refractivity contribution is 6.08. The third-order valence-corrected chi connectivity index (χ3v) is 1.39. The smallest absolute Gasteiger partial charge is 0.105 e. The monoisotopic (exact) mass is 165 g/mol. The van der Waals surface area contributed by atoms with Crippen LogP contribution in [0.15, 0.2) is 36.2 Å². The minimum Gasteiger partial charge on any atom is -0.385 e. The lowest BCUT2D eigenvalue weighted by Gasteiger charge is -2.05. The van der Waals surface area contributed by atoms with Crippen LogP contribution in [-0.4, -0.2) is 12.8 Å². The van der Waals surface area contributed by atoms with Crippen molar-refractivity contribution in [3.63, 3.8) is 0 Å². The Balaban J connectivity index is 4.79. The zero-order valence-corrected chi connectivity index (χ0v) is 7.52. The summed E-state index contributed by atoms with van der Waals surface area (Å²) in [6.07, 6.45) is 5.02. The molecule has 0 aromatic rings. The zero-order chi connectivity index (χ0) is 9.56. The molecule has 0 saturated carbocycles. The fraction of sp³-hybridized carbons (Fsp3) is 0.222. The molecule has 0 atom stereocenters. The van der Waals surface area contributed by atoms with E-state index in [9.17, 15) is 0 Å². The Labute approximate surface area is 73.2 Å². The molecule has 0 bridgehead atoms. The number of allylic oxidation sites excluding steroid dienone is 4. The van der Waals surface area contributed by atoms with Gasteiger partial charge in [0.1, 0.15) is 5.82 Å². The minimum atomic E-state index is 0.361. The molecule has 0 heterocycles. The number of rotatable bonds is 4. The summed E-state index contributed by atoms with van der Waals surface area (Å²) in [6.45, 7) is 5.43. The lowest BCUT2D eigenvalue weighted by Crippen LogP contribution is -2.19. The maximum atomic E-state index is 7.54. The average molecular weight is 165 g/mol. The maximum Gasteiger partial charge on any atom is 0.105 e. The van der Waals surface area contributed by atoms with E-state index in [2.05, 4.69) is 11.9 Å². The van der Waals surface area contributed by atoms with Crippen LogP contribution in [0.3, 0.4) is 0 Å². The zero-order valence-electron chi connectivity index (χ0n) is 7.52. The van der Waals surface area contributed by atoms with Crippen LogP contribution in [-0.2, 0) is 0 Å². The van der Waals surface area contributed by atoms with E-state index in [0.29, 0.717) is 17.1 Å². The Kier molecular flexibility index (Phi) is 4.53. The third kappa shape index (κ3) is 2.62. The van der Waals surface area contributed by atoms with E-state index in [1.165, 1.54) is 0 Å². The van der Waals surface area contributed by atoms with Gasteiger partial charge in [-0.25, -0.2) is 0 Å². The second-order valence-electron chi connectivity index (χ2n) is 2.20. The van der Waals surface area contributed by atoms with Gasteiger partial charge in [-0.1, -0.05) is 18.7 Å². The van der Waals surface area contributed by atoms with Crippen LogP contribution in [0.25, 0.3) is 0 Å². The molecule has 0 amide bonds. The fourth-order valence-electron chi connectivity index (χ4n) is 0.756. The molecular weight excluding hydrogens is 150 g/mol. The Hall–Kier alpha value is -1.51. The highest BCUT2D eigenvalue weighted by Gasteiger charge is 2.00. The van der Waals surface area contributed by atoms with Crippen LogP contribution in [0.5, 0.6) is 0 Å².